The largest absolute Gasteiger partial charge is 0.320 e. The van der Waals surface area contributed by atoms with Crippen molar-refractivity contribution in [3.05, 3.63) is 30.3 Å². The van der Waals surface area contributed by atoms with Gasteiger partial charge in [0.1, 0.15) is 0 Å². The number of halogens is 1. The number of nitrogens with two attached hydrogens (primary N) is 1. The Hall–Kier alpha value is -1.06. The van der Waals surface area contributed by atoms with Crippen molar-refractivity contribution in [3.63, 3.8) is 0 Å². The standard InChI is InChI=1S/C12H18N2O.ClH/c1-3-7-11(13)12(15)14(2)10-8-5-4-6-9-10;/h4-6,8-9,11H,3,7,13H2,1-2H3;1H. The fraction of sp³-hybridized carbons (Fsp3) is 0.417. The summed E-state index contributed by atoms with van der Waals surface area (Å²) < 4.78 is 0. The molecule has 0 aliphatic heterocycles. The lowest BCUT2D eigenvalue weighted by atomic mass is 10.1. The van der Waals surface area contributed by atoms with Crippen molar-refractivity contribution >= 4 is 24.0 Å². The summed E-state index contributed by atoms with van der Waals surface area (Å²) in [7, 11) is 1.76. The maximum Gasteiger partial charge on any atom is 0.243 e. The van der Waals surface area contributed by atoms with Crippen LogP contribution in [0.2, 0.25) is 0 Å². The molecule has 1 amide bonds. The van der Waals surface area contributed by atoms with Crippen molar-refractivity contribution in [1.29, 1.82) is 0 Å². The number of amides is 1. The molecule has 0 radical (unpaired) electrons. The SMILES string of the molecule is CCCC(N)C(=O)N(C)c1ccccc1.Cl. The summed E-state index contributed by atoms with van der Waals surface area (Å²) in [5.74, 6) is -0.0250. The molecule has 0 aromatic heterocycles. The molecule has 1 atom stereocenters. The van der Waals surface area contributed by atoms with Crippen molar-refractivity contribution in [1.82, 2.24) is 0 Å². The van der Waals surface area contributed by atoms with E-state index in [1.165, 1.54) is 0 Å². The van der Waals surface area contributed by atoms with Gasteiger partial charge in [-0.2, -0.15) is 0 Å². The monoisotopic (exact) mass is 242 g/mol. The van der Waals surface area contributed by atoms with Gasteiger partial charge in [-0.1, -0.05) is 31.5 Å². The van der Waals surface area contributed by atoms with E-state index in [1.807, 2.05) is 37.3 Å². The quantitative estimate of drug-likeness (QED) is 0.880. The van der Waals surface area contributed by atoms with Crippen molar-refractivity contribution in [2.45, 2.75) is 25.8 Å². The highest BCUT2D eigenvalue weighted by Crippen LogP contribution is 2.12. The molecule has 1 aromatic rings. The zero-order valence-electron chi connectivity index (χ0n) is 9.72. The number of hydrogen-bond acceptors (Lipinski definition) is 2. The molecular formula is C12H19ClN2O. The van der Waals surface area contributed by atoms with Crippen LogP contribution in [0.3, 0.4) is 0 Å². The number of benzene rings is 1. The van der Waals surface area contributed by atoms with E-state index in [0.29, 0.717) is 0 Å². The van der Waals surface area contributed by atoms with Gasteiger partial charge in [0.05, 0.1) is 6.04 Å². The normalized spacial score (nSPS) is 11.4. The van der Waals surface area contributed by atoms with Crippen LogP contribution >= 0.6 is 12.4 Å². The van der Waals surface area contributed by atoms with Gasteiger partial charge in [-0.3, -0.25) is 4.79 Å². The third-order valence-electron chi connectivity index (χ3n) is 2.39. The van der Waals surface area contributed by atoms with E-state index < -0.39 is 0 Å². The highest BCUT2D eigenvalue weighted by atomic mass is 35.5. The number of carbonyl (C=O) groups excluding carboxylic acids is 1. The minimum atomic E-state index is -0.389. The number of likely N-dealkylation sites (N-methyl/N-ethyl adjacent to an activating group) is 1. The summed E-state index contributed by atoms with van der Waals surface area (Å²) in [6, 6.07) is 9.15. The molecule has 1 unspecified atom stereocenters. The highest BCUT2D eigenvalue weighted by Gasteiger charge is 2.17. The van der Waals surface area contributed by atoms with E-state index in [1.54, 1.807) is 11.9 Å². The molecule has 0 heterocycles. The van der Waals surface area contributed by atoms with Crippen LogP contribution in [0.4, 0.5) is 5.69 Å². The summed E-state index contributed by atoms with van der Waals surface area (Å²) in [6.45, 7) is 2.02. The Morgan fingerprint density at radius 3 is 2.44 bits per heavy atom. The number of para-hydroxylation sites is 1. The first-order chi connectivity index (χ1) is 7.16. The van der Waals surface area contributed by atoms with Crippen LogP contribution in [0, 0.1) is 0 Å². The average molecular weight is 243 g/mol. The molecule has 16 heavy (non-hydrogen) atoms. The van der Waals surface area contributed by atoms with Crippen LogP contribution < -0.4 is 10.6 Å². The van der Waals surface area contributed by atoms with Crippen LogP contribution in [0.15, 0.2) is 30.3 Å². The predicted molar refractivity (Wildman–Crippen MR) is 70.0 cm³/mol. The number of carbonyl (C=O) groups is 1. The van der Waals surface area contributed by atoms with E-state index in [4.69, 9.17) is 5.73 Å². The van der Waals surface area contributed by atoms with Gasteiger partial charge >= 0.3 is 0 Å². The first kappa shape index (κ1) is 14.9. The van der Waals surface area contributed by atoms with Gasteiger partial charge in [0.2, 0.25) is 5.91 Å². The Morgan fingerprint density at radius 1 is 1.38 bits per heavy atom. The van der Waals surface area contributed by atoms with Gasteiger partial charge < -0.3 is 10.6 Å². The van der Waals surface area contributed by atoms with Crippen LogP contribution in [0.25, 0.3) is 0 Å². The molecule has 0 spiro atoms. The molecule has 4 heteroatoms. The van der Waals surface area contributed by atoms with E-state index in [9.17, 15) is 4.79 Å². The molecule has 2 N–H and O–H groups in total. The topological polar surface area (TPSA) is 46.3 Å². The summed E-state index contributed by atoms with van der Waals surface area (Å²) in [5.41, 5.74) is 6.66. The van der Waals surface area contributed by atoms with Crippen LogP contribution in [-0.4, -0.2) is 19.0 Å². The lowest BCUT2D eigenvalue weighted by Crippen LogP contribution is -2.41. The third kappa shape index (κ3) is 3.83. The zero-order chi connectivity index (χ0) is 11.3. The summed E-state index contributed by atoms with van der Waals surface area (Å²) in [4.78, 5) is 13.4. The second-order valence-corrected chi connectivity index (χ2v) is 3.63. The summed E-state index contributed by atoms with van der Waals surface area (Å²) >= 11 is 0. The molecule has 0 saturated carbocycles. The van der Waals surface area contributed by atoms with Crippen LogP contribution in [-0.2, 0) is 4.79 Å². The Morgan fingerprint density at radius 2 is 1.94 bits per heavy atom. The molecule has 90 valence electrons. The first-order valence-electron chi connectivity index (χ1n) is 5.25. The van der Waals surface area contributed by atoms with Crippen molar-refractivity contribution < 1.29 is 4.79 Å². The molecule has 0 saturated heterocycles. The lowest BCUT2D eigenvalue weighted by Gasteiger charge is -2.21. The van der Waals surface area contributed by atoms with Gasteiger partial charge in [0, 0.05) is 12.7 Å². The molecule has 0 bridgehead atoms. The van der Waals surface area contributed by atoms with Gasteiger partial charge in [0.15, 0.2) is 0 Å². The van der Waals surface area contributed by atoms with Gasteiger partial charge in [0.25, 0.3) is 0 Å². The molecule has 3 nitrogen and oxygen atoms in total. The smallest absolute Gasteiger partial charge is 0.243 e. The van der Waals surface area contributed by atoms with Crippen molar-refractivity contribution in [3.8, 4) is 0 Å². The van der Waals surface area contributed by atoms with E-state index in [2.05, 4.69) is 0 Å². The van der Waals surface area contributed by atoms with Crippen molar-refractivity contribution in [2.75, 3.05) is 11.9 Å². The predicted octanol–water partition coefficient (Wildman–Crippen LogP) is 2.20. The minimum Gasteiger partial charge on any atom is -0.320 e. The molecule has 1 rings (SSSR count). The fourth-order valence-corrected chi connectivity index (χ4v) is 1.46. The van der Waals surface area contributed by atoms with Crippen molar-refractivity contribution in [2.24, 2.45) is 5.73 Å². The molecular weight excluding hydrogens is 224 g/mol. The maximum atomic E-state index is 11.8. The first-order valence-corrected chi connectivity index (χ1v) is 5.25. The second-order valence-electron chi connectivity index (χ2n) is 3.63. The van der Waals surface area contributed by atoms with Gasteiger partial charge in [-0.25, -0.2) is 0 Å². The summed E-state index contributed by atoms with van der Waals surface area (Å²) in [5, 5.41) is 0. The summed E-state index contributed by atoms with van der Waals surface area (Å²) in [6.07, 6.45) is 1.66. The number of rotatable bonds is 4. The van der Waals surface area contributed by atoms with E-state index >= 15 is 0 Å². The maximum absolute atomic E-state index is 11.8. The minimum absolute atomic E-state index is 0. The molecule has 1 aromatic carbocycles. The highest BCUT2D eigenvalue weighted by molar-refractivity contribution is 5.96. The Labute approximate surface area is 103 Å². The van der Waals surface area contributed by atoms with Gasteiger partial charge in [-0.15, -0.1) is 12.4 Å². The van der Waals surface area contributed by atoms with Crippen LogP contribution in [0.5, 0.6) is 0 Å². The van der Waals surface area contributed by atoms with E-state index in [-0.39, 0.29) is 24.4 Å². The Kier molecular flexibility index (Phi) is 6.77. The van der Waals surface area contributed by atoms with Gasteiger partial charge in [-0.05, 0) is 18.6 Å². The Bertz CT molecular complexity index is 316. The average Bonchev–Trinajstić information content (AvgIpc) is 2.28. The molecule has 0 aliphatic rings. The number of anilines is 1. The van der Waals surface area contributed by atoms with E-state index in [0.717, 1.165) is 18.5 Å². The Balaban J connectivity index is 0.00000225. The third-order valence-corrected chi connectivity index (χ3v) is 2.39. The second kappa shape index (κ2) is 7.25. The lowest BCUT2D eigenvalue weighted by molar-refractivity contribution is -0.119. The number of nitrogens with zero attached hydrogens (tertiary/aromatic N) is 1. The molecule has 0 fully saturated rings. The van der Waals surface area contributed by atoms with Crippen LogP contribution in [0.1, 0.15) is 19.8 Å². The zero-order valence-corrected chi connectivity index (χ0v) is 10.5. The molecule has 0 aliphatic carbocycles. The number of hydrogen-bond donors (Lipinski definition) is 1. The fourth-order valence-electron chi connectivity index (χ4n) is 1.46.